The van der Waals surface area contributed by atoms with Gasteiger partial charge in [-0.15, -0.1) is 0 Å². The first-order valence-electron chi connectivity index (χ1n) is 6.95. The van der Waals surface area contributed by atoms with Crippen molar-refractivity contribution in [2.45, 2.75) is 32.7 Å². The highest BCUT2D eigenvalue weighted by Gasteiger charge is 2.12. The van der Waals surface area contributed by atoms with Crippen molar-refractivity contribution < 1.29 is 0 Å². The van der Waals surface area contributed by atoms with E-state index in [1.807, 2.05) is 12.1 Å². The molecule has 0 bridgehead atoms. The molecule has 21 heavy (non-hydrogen) atoms. The Morgan fingerprint density at radius 2 is 1.76 bits per heavy atom. The van der Waals surface area contributed by atoms with Gasteiger partial charge in [0, 0.05) is 16.1 Å². The molecule has 0 amide bonds. The monoisotopic (exact) mass is 322 g/mol. The quantitative estimate of drug-likeness (QED) is 0.638. The molecule has 1 unspecified atom stereocenters. The van der Waals surface area contributed by atoms with Crippen LogP contribution in [0.15, 0.2) is 36.4 Å². The third-order valence-corrected chi connectivity index (χ3v) is 4.36. The molecule has 0 spiro atoms. The van der Waals surface area contributed by atoms with E-state index in [0.717, 1.165) is 18.4 Å². The van der Waals surface area contributed by atoms with E-state index in [-0.39, 0.29) is 6.04 Å². The summed E-state index contributed by atoms with van der Waals surface area (Å²) in [6.07, 6.45) is 1.62. The molecule has 4 heteroatoms. The van der Waals surface area contributed by atoms with Crippen LogP contribution in [-0.4, -0.2) is 6.04 Å². The summed E-state index contributed by atoms with van der Waals surface area (Å²) in [6, 6.07) is 12.2. The third kappa shape index (κ3) is 4.45. The first-order chi connectivity index (χ1) is 9.99. The van der Waals surface area contributed by atoms with Crippen LogP contribution in [0, 0.1) is 13.8 Å². The van der Waals surface area contributed by atoms with Crippen LogP contribution in [0.4, 0.5) is 0 Å². The van der Waals surface area contributed by atoms with Crippen molar-refractivity contribution in [2.75, 3.05) is 0 Å². The van der Waals surface area contributed by atoms with Gasteiger partial charge in [0.1, 0.15) is 0 Å². The van der Waals surface area contributed by atoms with Crippen molar-refractivity contribution in [3.05, 3.63) is 68.7 Å². The van der Waals surface area contributed by atoms with Gasteiger partial charge in [-0.1, -0.05) is 47.5 Å². The third-order valence-electron chi connectivity index (χ3n) is 3.77. The molecular weight excluding hydrogens is 303 g/mol. The van der Waals surface area contributed by atoms with Crippen molar-refractivity contribution in [1.29, 1.82) is 0 Å². The Kier molecular flexibility index (Phi) is 5.65. The van der Waals surface area contributed by atoms with Crippen LogP contribution in [0.25, 0.3) is 0 Å². The van der Waals surface area contributed by atoms with Crippen molar-refractivity contribution in [1.82, 2.24) is 5.43 Å². The minimum atomic E-state index is 0.130. The highest BCUT2D eigenvalue weighted by Crippen LogP contribution is 2.23. The minimum absolute atomic E-state index is 0.130. The predicted molar refractivity (Wildman–Crippen MR) is 90.9 cm³/mol. The summed E-state index contributed by atoms with van der Waals surface area (Å²) in [4.78, 5) is 0. The second-order valence-electron chi connectivity index (χ2n) is 5.43. The molecule has 0 aromatic heterocycles. The Bertz CT molecular complexity index is 626. The lowest BCUT2D eigenvalue weighted by Crippen LogP contribution is -2.38. The molecule has 2 rings (SSSR count). The minimum Gasteiger partial charge on any atom is -0.271 e. The van der Waals surface area contributed by atoms with Crippen LogP contribution in [0.2, 0.25) is 10.0 Å². The predicted octanol–water partition coefficient (Wildman–Crippen LogP) is 4.23. The Balaban J connectivity index is 2.10. The van der Waals surface area contributed by atoms with E-state index >= 15 is 0 Å². The van der Waals surface area contributed by atoms with Gasteiger partial charge in [0.2, 0.25) is 0 Å². The van der Waals surface area contributed by atoms with Gasteiger partial charge in [-0.3, -0.25) is 11.3 Å². The van der Waals surface area contributed by atoms with Gasteiger partial charge in [-0.25, -0.2) is 0 Å². The number of halogens is 2. The summed E-state index contributed by atoms with van der Waals surface area (Å²) < 4.78 is 0. The van der Waals surface area contributed by atoms with E-state index in [1.54, 1.807) is 6.07 Å². The normalized spacial score (nSPS) is 12.4. The van der Waals surface area contributed by atoms with Gasteiger partial charge in [0.25, 0.3) is 0 Å². The summed E-state index contributed by atoms with van der Waals surface area (Å²) in [5, 5.41) is 1.33. The summed E-state index contributed by atoms with van der Waals surface area (Å²) in [5.41, 5.74) is 7.80. The molecule has 0 aliphatic heterocycles. The van der Waals surface area contributed by atoms with Crippen molar-refractivity contribution in [2.24, 2.45) is 5.84 Å². The van der Waals surface area contributed by atoms with E-state index in [2.05, 4.69) is 37.5 Å². The Labute approximate surface area is 136 Å². The van der Waals surface area contributed by atoms with Crippen LogP contribution in [0.1, 0.15) is 22.3 Å². The highest BCUT2D eigenvalue weighted by atomic mass is 35.5. The first kappa shape index (κ1) is 16.3. The molecule has 1 atom stereocenters. The van der Waals surface area contributed by atoms with Crippen molar-refractivity contribution in [3.8, 4) is 0 Å². The fraction of sp³-hybridized carbons (Fsp3) is 0.294. The van der Waals surface area contributed by atoms with Crippen LogP contribution in [0.3, 0.4) is 0 Å². The van der Waals surface area contributed by atoms with Gasteiger partial charge >= 0.3 is 0 Å². The smallest absolute Gasteiger partial charge is 0.0453 e. The van der Waals surface area contributed by atoms with Crippen molar-refractivity contribution in [3.63, 3.8) is 0 Å². The maximum atomic E-state index is 6.23. The zero-order chi connectivity index (χ0) is 15.4. The molecule has 2 aromatic carbocycles. The molecular formula is C17H20Cl2N2. The number of hydrogen-bond donors (Lipinski definition) is 2. The van der Waals surface area contributed by atoms with Crippen molar-refractivity contribution >= 4 is 23.2 Å². The summed E-state index contributed by atoms with van der Waals surface area (Å²) in [6.45, 7) is 4.24. The molecule has 0 radical (unpaired) electrons. The average Bonchev–Trinajstić information content (AvgIpc) is 2.44. The Hall–Kier alpha value is -1.06. The fourth-order valence-corrected chi connectivity index (χ4v) is 2.84. The van der Waals surface area contributed by atoms with Crippen LogP contribution in [0.5, 0.6) is 0 Å². The van der Waals surface area contributed by atoms with E-state index in [9.17, 15) is 0 Å². The van der Waals surface area contributed by atoms with Gasteiger partial charge in [0.05, 0.1) is 0 Å². The number of nitrogens with one attached hydrogen (secondary N) is 1. The summed E-state index contributed by atoms with van der Waals surface area (Å²) in [5.74, 6) is 5.70. The number of hydrogen-bond acceptors (Lipinski definition) is 2. The highest BCUT2D eigenvalue weighted by molar-refractivity contribution is 6.35. The zero-order valence-corrected chi connectivity index (χ0v) is 13.8. The largest absolute Gasteiger partial charge is 0.271 e. The topological polar surface area (TPSA) is 38.0 Å². The molecule has 3 N–H and O–H groups in total. The molecule has 2 aromatic rings. The van der Waals surface area contributed by atoms with E-state index in [4.69, 9.17) is 29.0 Å². The lowest BCUT2D eigenvalue weighted by atomic mass is 9.97. The summed E-state index contributed by atoms with van der Waals surface area (Å²) >= 11 is 12.2. The number of hydrazine groups is 1. The molecule has 0 heterocycles. The molecule has 0 aliphatic rings. The van der Waals surface area contributed by atoms with Crippen LogP contribution < -0.4 is 11.3 Å². The van der Waals surface area contributed by atoms with E-state index in [0.29, 0.717) is 10.0 Å². The first-order valence-corrected chi connectivity index (χ1v) is 7.71. The molecule has 0 aliphatic carbocycles. The number of aryl methyl sites for hydroxylation is 2. The second kappa shape index (κ2) is 7.28. The maximum absolute atomic E-state index is 6.23. The Morgan fingerprint density at radius 1 is 1.00 bits per heavy atom. The number of rotatable bonds is 5. The molecule has 0 saturated heterocycles. The van der Waals surface area contributed by atoms with Crippen LogP contribution >= 0.6 is 23.2 Å². The van der Waals surface area contributed by atoms with E-state index in [1.165, 1.54) is 16.7 Å². The average molecular weight is 323 g/mol. The standard InChI is InChI=1S/C17H20Cl2N2/c1-11-3-4-13(7-12(11)2)8-16(21-20)9-14-5-6-15(18)10-17(14)19/h3-7,10,16,21H,8-9,20H2,1-2H3. The van der Waals surface area contributed by atoms with Gasteiger partial charge in [0.15, 0.2) is 0 Å². The lowest BCUT2D eigenvalue weighted by molar-refractivity contribution is 0.522. The lowest BCUT2D eigenvalue weighted by Gasteiger charge is -2.17. The fourth-order valence-electron chi connectivity index (χ4n) is 2.36. The summed E-state index contributed by atoms with van der Waals surface area (Å²) in [7, 11) is 0. The number of benzene rings is 2. The molecule has 2 nitrogen and oxygen atoms in total. The van der Waals surface area contributed by atoms with E-state index < -0.39 is 0 Å². The molecule has 112 valence electrons. The van der Waals surface area contributed by atoms with Gasteiger partial charge in [-0.2, -0.15) is 0 Å². The van der Waals surface area contributed by atoms with Gasteiger partial charge < -0.3 is 0 Å². The molecule has 0 fully saturated rings. The van der Waals surface area contributed by atoms with Gasteiger partial charge in [-0.05, 0) is 61.1 Å². The SMILES string of the molecule is Cc1ccc(CC(Cc2ccc(Cl)cc2Cl)NN)cc1C. The maximum Gasteiger partial charge on any atom is 0.0453 e. The number of nitrogens with two attached hydrogens (primary N) is 1. The zero-order valence-electron chi connectivity index (χ0n) is 12.3. The second-order valence-corrected chi connectivity index (χ2v) is 6.27. The molecule has 0 saturated carbocycles. The Morgan fingerprint density at radius 3 is 2.38 bits per heavy atom. The van der Waals surface area contributed by atoms with Crippen LogP contribution in [-0.2, 0) is 12.8 Å².